The Balaban J connectivity index is 2.38. The predicted molar refractivity (Wildman–Crippen MR) is 59.8 cm³/mol. The van der Waals surface area contributed by atoms with Gasteiger partial charge >= 0.3 is 0 Å². The van der Waals surface area contributed by atoms with Crippen molar-refractivity contribution in [3.63, 3.8) is 0 Å². The van der Waals surface area contributed by atoms with Crippen molar-refractivity contribution in [2.45, 2.75) is 39.0 Å². The molecule has 3 nitrogen and oxygen atoms in total. The summed E-state index contributed by atoms with van der Waals surface area (Å²) in [6, 6.07) is 0.498. The molecular formula is C10H18N2OS. The summed E-state index contributed by atoms with van der Waals surface area (Å²) in [5.74, 6) is 1.91. The maximum atomic E-state index is 5.47. The molecule has 0 aliphatic rings. The Bertz CT molecular complexity index is 266. The van der Waals surface area contributed by atoms with Gasteiger partial charge in [0.1, 0.15) is 5.76 Å². The van der Waals surface area contributed by atoms with Gasteiger partial charge in [-0.15, -0.1) is 0 Å². The summed E-state index contributed by atoms with van der Waals surface area (Å²) in [4.78, 5) is 4.31. The summed E-state index contributed by atoms with van der Waals surface area (Å²) in [5, 5.41) is 4.13. The highest BCUT2D eigenvalue weighted by Gasteiger charge is 2.07. The molecule has 1 aromatic rings. The van der Waals surface area contributed by atoms with Crippen molar-refractivity contribution in [1.29, 1.82) is 0 Å². The first kappa shape index (κ1) is 11.6. The molecule has 0 spiro atoms. The zero-order valence-electron chi connectivity index (χ0n) is 9.26. The Labute approximate surface area is 89.7 Å². The first-order valence-corrected chi connectivity index (χ1v) is 5.92. The number of nitrogens with zero attached hydrogens (tertiary/aromatic N) is 1. The number of aryl methyl sites for hydroxylation is 2. The molecule has 4 heteroatoms. The Morgan fingerprint density at radius 1 is 1.50 bits per heavy atom. The molecule has 80 valence electrons. The Kier molecular flexibility index (Phi) is 4.48. The van der Waals surface area contributed by atoms with Crippen molar-refractivity contribution in [1.82, 2.24) is 10.3 Å². The molecule has 0 saturated heterocycles. The summed E-state index contributed by atoms with van der Waals surface area (Å²) in [6.45, 7) is 9.20. The first-order chi connectivity index (χ1) is 6.63. The average molecular weight is 214 g/mol. The zero-order valence-corrected chi connectivity index (χ0v) is 10.1. The molecule has 1 aromatic heterocycles. The number of nitrogens with one attached hydrogen (secondary N) is 1. The van der Waals surface area contributed by atoms with Gasteiger partial charge in [-0.3, -0.25) is 0 Å². The Morgan fingerprint density at radius 3 is 2.71 bits per heavy atom. The molecular weight excluding hydrogens is 196 g/mol. The topological polar surface area (TPSA) is 38.1 Å². The van der Waals surface area contributed by atoms with Crippen molar-refractivity contribution in [3.05, 3.63) is 11.5 Å². The number of thioether (sulfide) groups is 1. The summed E-state index contributed by atoms with van der Waals surface area (Å²) >= 11 is 1.66. The minimum absolute atomic E-state index is 0.498. The van der Waals surface area contributed by atoms with E-state index in [-0.39, 0.29) is 0 Å². The van der Waals surface area contributed by atoms with Crippen LogP contribution in [0.4, 0.5) is 0 Å². The molecule has 1 heterocycles. The Hall–Kier alpha value is -0.480. The van der Waals surface area contributed by atoms with Gasteiger partial charge in [0.05, 0.1) is 5.69 Å². The molecule has 0 fully saturated rings. The van der Waals surface area contributed by atoms with E-state index in [4.69, 9.17) is 4.42 Å². The van der Waals surface area contributed by atoms with Crippen LogP contribution in [0.15, 0.2) is 9.64 Å². The van der Waals surface area contributed by atoms with Crippen molar-refractivity contribution >= 4 is 11.8 Å². The van der Waals surface area contributed by atoms with Gasteiger partial charge in [0, 0.05) is 11.8 Å². The van der Waals surface area contributed by atoms with Gasteiger partial charge in [-0.05, 0) is 27.3 Å². The highest BCUT2D eigenvalue weighted by molar-refractivity contribution is 7.99. The molecule has 0 aliphatic carbocycles. The minimum atomic E-state index is 0.498. The van der Waals surface area contributed by atoms with E-state index in [9.17, 15) is 0 Å². The van der Waals surface area contributed by atoms with Crippen LogP contribution in [0.25, 0.3) is 0 Å². The van der Waals surface area contributed by atoms with E-state index in [0.29, 0.717) is 6.04 Å². The first-order valence-electron chi connectivity index (χ1n) is 4.93. The van der Waals surface area contributed by atoms with Crippen LogP contribution < -0.4 is 5.32 Å². The van der Waals surface area contributed by atoms with E-state index in [1.165, 1.54) is 0 Å². The predicted octanol–water partition coefficient (Wildman–Crippen LogP) is 2.38. The average Bonchev–Trinajstić information content (AvgIpc) is 2.44. The van der Waals surface area contributed by atoms with Gasteiger partial charge in [0.2, 0.25) is 0 Å². The lowest BCUT2D eigenvalue weighted by molar-refractivity contribution is 0.430. The smallest absolute Gasteiger partial charge is 0.256 e. The molecule has 1 N–H and O–H groups in total. The highest BCUT2D eigenvalue weighted by Crippen LogP contribution is 2.20. The van der Waals surface area contributed by atoms with Gasteiger partial charge in [-0.2, -0.15) is 0 Å². The number of aromatic nitrogens is 1. The molecule has 1 rings (SSSR count). The fourth-order valence-corrected chi connectivity index (χ4v) is 2.00. The van der Waals surface area contributed by atoms with Crippen molar-refractivity contribution in [3.8, 4) is 0 Å². The lowest BCUT2D eigenvalue weighted by atomic mass is 10.4. The van der Waals surface area contributed by atoms with Crippen LogP contribution in [0.3, 0.4) is 0 Å². The summed E-state index contributed by atoms with van der Waals surface area (Å²) in [7, 11) is 0. The van der Waals surface area contributed by atoms with Crippen molar-refractivity contribution < 1.29 is 4.42 Å². The van der Waals surface area contributed by atoms with E-state index in [0.717, 1.165) is 29.0 Å². The van der Waals surface area contributed by atoms with Crippen LogP contribution in [0, 0.1) is 13.8 Å². The van der Waals surface area contributed by atoms with Gasteiger partial charge in [-0.1, -0.05) is 18.7 Å². The molecule has 0 aromatic carbocycles. The SMILES string of the molecule is CCNC(C)CSc1nc(C)c(C)o1. The molecule has 0 saturated carbocycles. The van der Waals surface area contributed by atoms with Crippen LogP contribution in [0.2, 0.25) is 0 Å². The monoisotopic (exact) mass is 214 g/mol. The van der Waals surface area contributed by atoms with Crippen LogP contribution in [0.5, 0.6) is 0 Å². The third kappa shape index (κ3) is 3.35. The molecule has 14 heavy (non-hydrogen) atoms. The van der Waals surface area contributed by atoms with Crippen LogP contribution in [-0.4, -0.2) is 23.3 Å². The lowest BCUT2D eigenvalue weighted by Crippen LogP contribution is -2.27. The lowest BCUT2D eigenvalue weighted by Gasteiger charge is -2.09. The quantitative estimate of drug-likeness (QED) is 0.764. The van der Waals surface area contributed by atoms with Gasteiger partial charge < -0.3 is 9.73 Å². The van der Waals surface area contributed by atoms with Crippen LogP contribution in [-0.2, 0) is 0 Å². The third-order valence-electron chi connectivity index (χ3n) is 2.02. The second-order valence-electron chi connectivity index (χ2n) is 3.39. The normalized spacial score (nSPS) is 13.1. The minimum Gasteiger partial charge on any atom is -0.437 e. The fraction of sp³-hybridized carbons (Fsp3) is 0.700. The van der Waals surface area contributed by atoms with E-state index < -0.39 is 0 Å². The van der Waals surface area contributed by atoms with Gasteiger partial charge in [0.15, 0.2) is 0 Å². The summed E-state index contributed by atoms with van der Waals surface area (Å²) in [6.07, 6.45) is 0. The second kappa shape index (κ2) is 5.41. The molecule has 0 aliphatic heterocycles. The van der Waals surface area contributed by atoms with Gasteiger partial charge in [-0.25, -0.2) is 4.98 Å². The fourth-order valence-electron chi connectivity index (χ4n) is 1.11. The molecule has 1 atom stereocenters. The van der Waals surface area contributed by atoms with Crippen molar-refractivity contribution in [2.24, 2.45) is 0 Å². The zero-order chi connectivity index (χ0) is 10.6. The van der Waals surface area contributed by atoms with E-state index in [2.05, 4.69) is 24.1 Å². The highest BCUT2D eigenvalue weighted by atomic mass is 32.2. The summed E-state index contributed by atoms with van der Waals surface area (Å²) < 4.78 is 5.47. The number of hydrogen-bond acceptors (Lipinski definition) is 4. The van der Waals surface area contributed by atoms with Gasteiger partial charge in [0.25, 0.3) is 5.22 Å². The summed E-state index contributed by atoms with van der Waals surface area (Å²) in [5.41, 5.74) is 0.989. The van der Waals surface area contributed by atoms with E-state index >= 15 is 0 Å². The molecule has 0 bridgehead atoms. The van der Waals surface area contributed by atoms with Crippen LogP contribution in [0.1, 0.15) is 25.3 Å². The third-order valence-corrected chi connectivity index (χ3v) is 3.11. The van der Waals surface area contributed by atoms with Crippen LogP contribution >= 0.6 is 11.8 Å². The number of hydrogen-bond donors (Lipinski definition) is 1. The standard InChI is InChI=1S/C10H18N2OS/c1-5-11-7(2)6-14-10-12-8(3)9(4)13-10/h7,11H,5-6H2,1-4H3. The molecule has 0 radical (unpaired) electrons. The second-order valence-corrected chi connectivity index (χ2v) is 4.36. The molecule has 1 unspecified atom stereocenters. The maximum absolute atomic E-state index is 5.47. The van der Waals surface area contributed by atoms with E-state index in [1.54, 1.807) is 11.8 Å². The van der Waals surface area contributed by atoms with E-state index in [1.807, 2.05) is 13.8 Å². The maximum Gasteiger partial charge on any atom is 0.256 e. The number of oxazole rings is 1. The largest absolute Gasteiger partial charge is 0.437 e. The van der Waals surface area contributed by atoms with Crippen molar-refractivity contribution in [2.75, 3.05) is 12.3 Å². The molecule has 0 amide bonds. The Morgan fingerprint density at radius 2 is 2.21 bits per heavy atom. The number of rotatable bonds is 5.